The van der Waals surface area contributed by atoms with Gasteiger partial charge < -0.3 is 5.11 Å². The Morgan fingerprint density at radius 2 is 2.33 bits per heavy atom. The minimum absolute atomic E-state index is 0.154. The van der Waals surface area contributed by atoms with Gasteiger partial charge in [0, 0.05) is 17.8 Å². The van der Waals surface area contributed by atoms with Gasteiger partial charge in [-0.2, -0.15) is 0 Å². The van der Waals surface area contributed by atoms with Crippen molar-refractivity contribution >= 4 is 0 Å². The fraction of sp³-hybridized carbons (Fsp3) is 0.500. The number of rotatable bonds is 3. The van der Waals surface area contributed by atoms with E-state index in [0.29, 0.717) is 6.42 Å². The quantitative estimate of drug-likeness (QED) is 0.504. The van der Waals surface area contributed by atoms with Crippen LogP contribution < -0.4 is 0 Å². The van der Waals surface area contributed by atoms with Crippen molar-refractivity contribution in [2.75, 3.05) is 6.61 Å². The molecule has 0 aliphatic heterocycles. The lowest BCUT2D eigenvalue weighted by atomic mass is 9.89. The summed E-state index contributed by atoms with van der Waals surface area (Å²) in [6.07, 6.45) is 7.28. The second-order valence-corrected chi connectivity index (χ2v) is 2.83. The van der Waals surface area contributed by atoms with Gasteiger partial charge in [0.05, 0.1) is 6.61 Å². The smallest absolute Gasteiger partial charge is 0.246 e. The highest BCUT2D eigenvalue weighted by Gasteiger charge is 2.38. The van der Waals surface area contributed by atoms with Crippen molar-refractivity contribution < 1.29 is 10.0 Å². The van der Waals surface area contributed by atoms with Gasteiger partial charge in [0.2, 0.25) is 5.54 Å². The summed E-state index contributed by atoms with van der Waals surface area (Å²) >= 11 is 0. The van der Waals surface area contributed by atoms with E-state index in [9.17, 15) is 10.1 Å². The Morgan fingerprint density at radius 3 is 2.75 bits per heavy atom. The Labute approximate surface area is 70.4 Å². The summed E-state index contributed by atoms with van der Waals surface area (Å²) in [6, 6.07) is 0. The van der Waals surface area contributed by atoms with Crippen LogP contribution in [0.3, 0.4) is 0 Å². The van der Waals surface area contributed by atoms with Crippen molar-refractivity contribution in [3.05, 3.63) is 34.4 Å². The van der Waals surface area contributed by atoms with Crippen molar-refractivity contribution in [3.8, 4) is 0 Å². The van der Waals surface area contributed by atoms with E-state index in [2.05, 4.69) is 0 Å². The van der Waals surface area contributed by atoms with Crippen molar-refractivity contribution in [1.29, 1.82) is 0 Å². The lowest BCUT2D eigenvalue weighted by Crippen LogP contribution is -2.37. The lowest BCUT2D eigenvalue weighted by molar-refractivity contribution is -0.556. The highest BCUT2D eigenvalue weighted by atomic mass is 16.6. The normalized spacial score (nSPS) is 27.4. The van der Waals surface area contributed by atoms with E-state index in [0.717, 1.165) is 0 Å². The third-order valence-electron chi connectivity index (χ3n) is 2.03. The first-order chi connectivity index (χ1) is 5.71. The molecule has 1 aliphatic carbocycles. The Bertz CT molecular complexity index is 234. The molecule has 0 aromatic carbocycles. The molecule has 0 spiro atoms. The van der Waals surface area contributed by atoms with Crippen molar-refractivity contribution in [2.24, 2.45) is 0 Å². The van der Waals surface area contributed by atoms with Gasteiger partial charge in [-0.15, -0.1) is 0 Å². The van der Waals surface area contributed by atoms with E-state index in [1.807, 2.05) is 0 Å². The van der Waals surface area contributed by atoms with E-state index in [1.165, 1.54) is 0 Å². The number of aliphatic hydroxyl groups excluding tert-OH is 1. The Kier molecular flexibility index (Phi) is 2.60. The third kappa shape index (κ3) is 1.53. The van der Waals surface area contributed by atoms with E-state index in [-0.39, 0.29) is 18.0 Å². The molecule has 1 unspecified atom stereocenters. The molecule has 0 heterocycles. The number of allylic oxidation sites excluding steroid dienone is 2. The Morgan fingerprint density at radius 1 is 1.58 bits per heavy atom. The number of aliphatic hydroxyl groups is 1. The van der Waals surface area contributed by atoms with Gasteiger partial charge in [-0.1, -0.05) is 18.2 Å². The average molecular weight is 169 g/mol. The van der Waals surface area contributed by atoms with E-state index in [4.69, 9.17) is 5.11 Å². The van der Waals surface area contributed by atoms with E-state index < -0.39 is 5.54 Å². The second-order valence-electron chi connectivity index (χ2n) is 2.83. The van der Waals surface area contributed by atoms with Gasteiger partial charge in [0.1, 0.15) is 0 Å². The van der Waals surface area contributed by atoms with E-state index in [1.54, 1.807) is 24.3 Å². The lowest BCUT2D eigenvalue weighted by Gasteiger charge is -2.20. The molecular weight excluding hydrogens is 158 g/mol. The molecule has 66 valence electrons. The molecule has 0 saturated carbocycles. The Balaban J connectivity index is 2.80. The SMILES string of the molecule is O=[N+]([O-])C1(CCO)C=CC=CC1. The van der Waals surface area contributed by atoms with Crippen LogP contribution in [0.1, 0.15) is 12.8 Å². The molecule has 0 fully saturated rings. The molecule has 0 aromatic heterocycles. The van der Waals surface area contributed by atoms with Crippen LogP contribution in [0.2, 0.25) is 0 Å². The van der Waals surface area contributed by atoms with Crippen LogP contribution in [0.15, 0.2) is 24.3 Å². The number of nitro groups is 1. The van der Waals surface area contributed by atoms with Crippen LogP contribution >= 0.6 is 0 Å². The summed E-state index contributed by atoms with van der Waals surface area (Å²) in [6.45, 7) is -0.154. The second kappa shape index (κ2) is 3.49. The molecule has 0 bridgehead atoms. The van der Waals surface area contributed by atoms with Crippen molar-refractivity contribution in [3.63, 3.8) is 0 Å². The number of hydrogen-bond donors (Lipinski definition) is 1. The zero-order valence-electron chi connectivity index (χ0n) is 6.64. The molecule has 0 aromatic rings. The average Bonchev–Trinajstić information content (AvgIpc) is 2.06. The first-order valence-corrected chi connectivity index (χ1v) is 3.81. The highest BCUT2D eigenvalue weighted by Crippen LogP contribution is 2.24. The molecule has 1 N–H and O–H groups in total. The third-order valence-corrected chi connectivity index (χ3v) is 2.03. The highest BCUT2D eigenvalue weighted by molar-refractivity contribution is 5.17. The maximum absolute atomic E-state index is 10.7. The molecule has 4 nitrogen and oxygen atoms in total. The molecule has 4 heteroatoms. The molecular formula is C8H11NO3. The van der Waals surface area contributed by atoms with E-state index >= 15 is 0 Å². The van der Waals surface area contributed by atoms with Crippen molar-refractivity contribution in [2.45, 2.75) is 18.4 Å². The summed E-state index contributed by atoms with van der Waals surface area (Å²) in [5.74, 6) is 0. The number of nitrogens with zero attached hydrogens (tertiary/aromatic N) is 1. The zero-order chi connectivity index (χ0) is 9.03. The largest absolute Gasteiger partial charge is 0.396 e. The summed E-state index contributed by atoms with van der Waals surface area (Å²) in [7, 11) is 0. The summed E-state index contributed by atoms with van der Waals surface area (Å²) in [5.41, 5.74) is -1.07. The molecule has 0 radical (unpaired) electrons. The molecule has 0 saturated heterocycles. The zero-order valence-corrected chi connectivity index (χ0v) is 6.64. The summed E-state index contributed by atoms with van der Waals surface area (Å²) < 4.78 is 0. The van der Waals surface area contributed by atoms with Gasteiger partial charge in [0.15, 0.2) is 0 Å². The van der Waals surface area contributed by atoms with Crippen LogP contribution in [0.25, 0.3) is 0 Å². The minimum Gasteiger partial charge on any atom is -0.396 e. The monoisotopic (exact) mass is 169 g/mol. The molecule has 1 rings (SSSR count). The molecule has 0 amide bonds. The first-order valence-electron chi connectivity index (χ1n) is 3.81. The maximum atomic E-state index is 10.7. The van der Waals surface area contributed by atoms with Gasteiger partial charge in [-0.25, -0.2) is 0 Å². The summed E-state index contributed by atoms with van der Waals surface area (Å²) in [4.78, 5) is 10.3. The number of hydrogen-bond acceptors (Lipinski definition) is 3. The standard InChI is InChI=1S/C8H11NO3/c10-7-6-8(9(11)12)4-2-1-3-5-8/h1-4,10H,5-7H2. The first kappa shape index (κ1) is 8.93. The topological polar surface area (TPSA) is 63.4 Å². The predicted molar refractivity (Wildman–Crippen MR) is 44.3 cm³/mol. The van der Waals surface area contributed by atoms with Crippen LogP contribution in [0, 0.1) is 10.1 Å². The van der Waals surface area contributed by atoms with Crippen LogP contribution in [-0.4, -0.2) is 22.2 Å². The minimum atomic E-state index is -1.07. The summed E-state index contributed by atoms with van der Waals surface area (Å²) in [5, 5.41) is 19.3. The fourth-order valence-corrected chi connectivity index (χ4v) is 1.26. The van der Waals surface area contributed by atoms with Gasteiger partial charge >= 0.3 is 0 Å². The predicted octanol–water partition coefficient (Wildman–Crippen LogP) is 0.900. The van der Waals surface area contributed by atoms with Crippen molar-refractivity contribution in [1.82, 2.24) is 0 Å². The van der Waals surface area contributed by atoms with Crippen LogP contribution in [0.4, 0.5) is 0 Å². The van der Waals surface area contributed by atoms with Crippen LogP contribution in [0.5, 0.6) is 0 Å². The molecule has 1 aliphatic rings. The maximum Gasteiger partial charge on any atom is 0.246 e. The van der Waals surface area contributed by atoms with Gasteiger partial charge in [0.25, 0.3) is 0 Å². The van der Waals surface area contributed by atoms with Crippen LogP contribution in [-0.2, 0) is 0 Å². The van der Waals surface area contributed by atoms with Gasteiger partial charge in [-0.3, -0.25) is 10.1 Å². The molecule has 1 atom stereocenters. The Hall–Kier alpha value is -1.16. The molecule has 12 heavy (non-hydrogen) atoms. The van der Waals surface area contributed by atoms with Gasteiger partial charge in [-0.05, 0) is 6.08 Å². The fourth-order valence-electron chi connectivity index (χ4n) is 1.26.